The highest BCUT2D eigenvalue weighted by atomic mass is 28.4. The van der Waals surface area contributed by atoms with Crippen LogP contribution < -0.4 is 0 Å². The average molecular weight is 182 g/mol. The van der Waals surface area contributed by atoms with Gasteiger partial charge in [-0.15, -0.1) is 12.5 Å². The van der Waals surface area contributed by atoms with E-state index >= 15 is 0 Å². The molecule has 12 heavy (non-hydrogen) atoms. The van der Waals surface area contributed by atoms with Crippen molar-refractivity contribution in [3.8, 4) is 11.8 Å². The first-order chi connectivity index (χ1) is 5.56. The summed E-state index contributed by atoms with van der Waals surface area (Å²) in [6.07, 6.45) is 3.44. The Morgan fingerprint density at radius 2 is 2.00 bits per heavy atom. The lowest BCUT2D eigenvalue weighted by Gasteiger charge is -2.15. The third kappa shape index (κ3) is 9.48. The van der Waals surface area contributed by atoms with Crippen LogP contribution in [0.3, 0.4) is 0 Å². The van der Waals surface area contributed by atoms with Crippen molar-refractivity contribution in [2.24, 2.45) is 0 Å². The molecule has 0 bridgehead atoms. The maximum atomic E-state index is 5.62. The minimum absolute atomic E-state index is 0.778. The van der Waals surface area contributed by atoms with Crippen molar-refractivity contribution in [2.45, 2.75) is 32.5 Å². The van der Waals surface area contributed by atoms with E-state index in [9.17, 15) is 0 Å². The van der Waals surface area contributed by atoms with Crippen LogP contribution in [0, 0.1) is 11.8 Å². The molecular formula is C10H18OSi. The molecule has 0 saturated carbocycles. The summed E-state index contributed by atoms with van der Waals surface area (Å²) >= 11 is 0. The second-order valence-electron chi connectivity index (χ2n) is 3.56. The smallest absolute Gasteiger partial charge is 0.183 e. The fraction of sp³-hybridized carbons (Fsp3) is 0.600. The van der Waals surface area contributed by atoms with E-state index < -0.39 is 8.32 Å². The van der Waals surface area contributed by atoms with Gasteiger partial charge in [-0.3, -0.25) is 0 Å². The molecule has 0 atom stereocenters. The van der Waals surface area contributed by atoms with Gasteiger partial charge < -0.3 is 4.43 Å². The van der Waals surface area contributed by atoms with Gasteiger partial charge in [0.2, 0.25) is 0 Å². The van der Waals surface area contributed by atoms with Crippen LogP contribution in [0.2, 0.25) is 19.6 Å². The quantitative estimate of drug-likeness (QED) is 0.281. The Bertz CT molecular complexity index is 180. The van der Waals surface area contributed by atoms with Crippen molar-refractivity contribution >= 4 is 8.32 Å². The molecule has 0 fully saturated rings. The third-order valence-corrected chi connectivity index (χ3v) is 2.20. The molecule has 0 radical (unpaired) electrons. The minimum atomic E-state index is -1.31. The summed E-state index contributed by atoms with van der Waals surface area (Å²) in [6.45, 7) is 10.9. The summed E-state index contributed by atoms with van der Waals surface area (Å²) in [4.78, 5) is 0. The molecule has 0 N–H and O–H groups in total. The molecule has 0 aliphatic carbocycles. The molecule has 1 nitrogen and oxygen atoms in total. The molecule has 68 valence electrons. The highest BCUT2D eigenvalue weighted by Crippen LogP contribution is 2.02. The predicted octanol–water partition coefficient (Wildman–Crippen LogP) is 2.81. The highest BCUT2D eigenvalue weighted by Gasteiger charge is 2.12. The molecule has 0 aromatic rings. The molecule has 0 aliphatic heterocycles. The number of allylic oxidation sites excluding steroid dienone is 1. The summed E-state index contributed by atoms with van der Waals surface area (Å²) in [5, 5.41) is 0. The van der Waals surface area contributed by atoms with E-state index in [4.69, 9.17) is 4.43 Å². The van der Waals surface area contributed by atoms with Gasteiger partial charge in [0.15, 0.2) is 8.32 Å². The van der Waals surface area contributed by atoms with E-state index in [1.807, 2.05) is 6.08 Å². The van der Waals surface area contributed by atoms with Crippen molar-refractivity contribution in [1.82, 2.24) is 0 Å². The fourth-order valence-electron chi connectivity index (χ4n) is 0.641. The lowest BCUT2D eigenvalue weighted by Crippen LogP contribution is -2.25. The Kier molecular flexibility index (Phi) is 5.78. The van der Waals surface area contributed by atoms with E-state index in [1.165, 1.54) is 0 Å². The molecule has 0 aromatic heterocycles. The van der Waals surface area contributed by atoms with Gasteiger partial charge in [-0.2, -0.15) is 0 Å². The van der Waals surface area contributed by atoms with Crippen LogP contribution in [0.15, 0.2) is 12.7 Å². The standard InChI is InChI=1S/C10H18OSi/c1-5-6-7-8-9-10-11-12(2,3)4/h5H,1,6,9-10H2,2-4H3. The van der Waals surface area contributed by atoms with Crippen LogP contribution >= 0.6 is 0 Å². The van der Waals surface area contributed by atoms with Crippen molar-refractivity contribution in [2.75, 3.05) is 6.61 Å². The van der Waals surface area contributed by atoms with Crippen molar-refractivity contribution < 1.29 is 4.43 Å². The van der Waals surface area contributed by atoms with Gasteiger partial charge in [-0.05, 0) is 19.6 Å². The molecular weight excluding hydrogens is 164 g/mol. The van der Waals surface area contributed by atoms with Gasteiger partial charge >= 0.3 is 0 Å². The number of rotatable bonds is 4. The van der Waals surface area contributed by atoms with Crippen LogP contribution in [0.5, 0.6) is 0 Å². The molecule has 0 spiro atoms. The third-order valence-electron chi connectivity index (χ3n) is 1.13. The summed E-state index contributed by atoms with van der Waals surface area (Å²) < 4.78 is 5.62. The van der Waals surface area contributed by atoms with Crippen LogP contribution in [0.1, 0.15) is 12.8 Å². The SMILES string of the molecule is C=CCC#CCCO[Si](C)(C)C. The Balaban J connectivity index is 3.34. The largest absolute Gasteiger partial charge is 0.417 e. The van der Waals surface area contributed by atoms with E-state index in [0.717, 1.165) is 19.4 Å². The maximum absolute atomic E-state index is 5.62. The lowest BCUT2D eigenvalue weighted by molar-refractivity contribution is 0.321. The maximum Gasteiger partial charge on any atom is 0.183 e. The van der Waals surface area contributed by atoms with Crippen LogP contribution in [-0.4, -0.2) is 14.9 Å². The van der Waals surface area contributed by atoms with Crippen LogP contribution in [0.4, 0.5) is 0 Å². The van der Waals surface area contributed by atoms with E-state index in [-0.39, 0.29) is 0 Å². The number of hydrogen-bond donors (Lipinski definition) is 0. The monoisotopic (exact) mass is 182 g/mol. The average Bonchev–Trinajstić information content (AvgIpc) is 1.94. The molecule has 0 aliphatic rings. The first-order valence-corrected chi connectivity index (χ1v) is 7.67. The Labute approximate surface area is 77.0 Å². The molecule has 0 saturated heterocycles. The van der Waals surface area contributed by atoms with Crippen LogP contribution in [0.25, 0.3) is 0 Å². The second kappa shape index (κ2) is 6.04. The fourth-order valence-corrected chi connectivity index (χ4v) is 1.36. The second-order valence-corrected chi connectivity index (χ2v) is 8.07. The van der Waals surface area contributed by atoms with Crippen LogP contribution in [-0.2, 0) is 4.43 Å². The molecule has 2 heteroatoms. The Morgan fingerprint density at radius 1 is 1.33 bits per heavy atom. The zero-order valence-electron chi connectivity index (χ0n) is 8.31. The Hall–Kier alpha value is -0.523. The summed E-state index contributed by atoms with van der Waals surface area (Å²) in [5.74, 6) is 6.02. The molecule has 0 aromatic carbocycles. The topological polar surface area (TPSA) is 9.23 Å². The van der Waals surface area contributed by atoms with E-state index in [0.29, 0.717) is 0 Å². The van der Waals surface area contributed by atoms with Gasteiger partial charge in [0, 0.05) is 19.4 Å². The van der Waals surface area contributed by atoms with Crippen molar-refractivity contribution in [3.05, 3.63) is 12.7 Å². The van der Waals surface area contributed by atoms with E-state index in [2.05, 4.69) is 38.1 Å². The normalized spacial score (nSPS) is 10.2. The Morgan fingerprint density at radius 3 is 2.50 bits per heavy atom. The zero-order chi connectivity index (χ0) is 9.45. The summed E-state index contributed by atoms with van der Waals surface area (Å²) in [5.41, 5.74) is 0. The lowest BCUT2D eigenvalue weighted by atomic mass is 10.4. The molecule has 0 heterocycles. The van der Waals surface area contributed by atoms with Gasteiger partial charge in [-0.25, -0.2) is 0 Å². The van der Waals surface area contributed by atoms with Crippen molar-refractivity contribution in [1.29, 1.82) is 0 Å². The summed E-state index contributed by atoms with van der Waals surface area (Å²) in [7, 11) is -1.31. The highest BCUT2D eigenvalue weighted by molar-refractivity contribution is 6.69. The molecule has 0 unspecified atom stereocenters. The van der Waals surface area contributed by atoms with E-state index in [1.54, 1.807) is 0 Å². The van der Waals surface area contributed by atoms with Gasteiger partial charge in [0.25, 0.3) is 0 Å². The first-order valence-electron chi connectivity index (χ1n) is 4.27. The molecule has 0 rings (SSSR count). The van der Waals surface area contributed by atoms with Gasteiger partial charge in [-0.1, -0.05) is 12.0 Å². The predicted molar refractivity (Wildman–Crippen MR) is 56.5 cm³/mol. The zero-order valence-corrected chi connectivity index (χ0v) is 9.31. The summed E-state index contributed by atoms with van der Waals surface area (Å²) in [6, 6.07) is 0. The van der Waals surface area contributed by atoms with Gasteiger partial charge in [0.1, 0.15) is 0 Å². The van der Waals surface area contributed by atoms with Gasteiger partial charge in [0.05, 0.1) is 0 Å². The minimum Gasteiger partial charge on any atom is -0.417 e. The molecule has 0 amide bonds. The first kappa shape index (κ1) is 11.5. The number of hydrogen-bond acceptors (Lipinski definition) is 1. The van der Waals surface area contributed by atoms with Crippen molar-refractivity contribution in [3.63, 3.8) is 0 Å².